The minimum absolute atomic E-state index is 0. The van der Waals surface area contributed by atoms with Crippen molar-refractivity contribution in [3.63, 3.8) is 0 Å². The number of imidazole rings is 1. The van der Waals surface area contributed by atoms with Crippen molar-refractivity contribution in [3.8, 4) is 11.5 Å². The van der Waals surface area contributed by atoms with Gasteiger partial charge in [0.2, 0.25) is 6.79 Å². The number of carboxylic acids is 1. The van der Waals surface area contributed by atoms with Crippen LogP contribution in [-0.4, -0.2) is 103 Å². The normalized spacial score (nSPS) is 15.3. The van der Waals surface area contributed by atoms with Gasteiger partial charge in [0.15, 0.2) is 39.7 Å². The van der Waals surface area contributed by atoms with Crippen LogP contribution in [0.1, 0.15) is 39.0 Å². The molecule has 4 heterocycles. The van der Waals surface area contributed by atoms with Crippen molar-refractivity contribution in [2.24, 2.45) is 5.92 Å². The molecule has 3 N–H and O–H groups in total. The first-order valence-corrected chi connectivity index (χ1v) is 14.7. The Labute approximate surface area is 276 Å². The SMILES string of the molecule is C[C@H](OC(=O)CCC(=O)O)C(=O)N1CCC(CCn2c(Sc3cc4c(cc3Br)OCO4)nc3c(N)ncnc32)CC1.[NaH]. The van der Waals surface area contributed by atoms with Gasteiger partial charge < -0.3 is 34.5 Å². The topological polar surface area (TPSA) is 172 Å². The van der Waals surface area contributed by atoms with E-state index >= 15 is 0 Å². The summed E-state index contributed by atoms with van der Waals surface area (Å²) in [5.41, 5.74) is 7.32. The number of esters is 1. The Kier molecular flexibility index (Phi) is 11.0. The molecule has 0 saturated carbocycles. The minimum atomic E-state index is -1.09. The Balaban J connectivity index is 0.00000405. The Bertz CT molecular complexity index is 1480. The molecule has 0 aliphatic carbocycles. The van der Waals surface area contributed by atoms with Gasteiger partial charge in [0.05, 0.1) is 12.8 Å². The number of aliphatic carboxylic acids is 1. The fourth-order valence-electron chi connectivity index (χ4n) is 4.81. The molecule has 2 aliphatic heterocycles. The molecule has 2 aliphatic rings. The second-order valence-electron chi connectivity index (χ2n) is 9.80. The number of aryl methyl sites for hydroxylation is 1. The van der Waals surface area contributed by atoms with Gasteiger partial charge in [-0.25, -0.2) is 15.0 Å². The molecule has 1 saturated heterocycles. The number of likely N-dealkylation sites (tertiary alicyclic amines) is 1. The first-order valence-electron chi connectivity index (χ1n) is 13.1. The van der Waals surface area contributed by atoms with Gasteiger partial charge in [0.25, 0.3) is 5.91 Å². The summed E-state index contributed by atoms with van der Waals surface area (Å²) in [5, 5.41) is 9.43. The second kappa shape index (κ2) is 14.3. The van der Waals surface area contributed by atoms with Crippen molar-refractivity contribution in [3.05, 3.63) is 22.9 Å². The molecule has 0 bridgehead atoms. The molecule has 42 heavy (non-hydrogen) atoms. The van der Waals surface area contributed by atoms with Gasteiger partial charge in [-0.15, -0.1) is 0 Å². The third kappa shape index (κ3) is 7.48. The Hall–Kier alpha value is -2.59. The fraction of sp³-hybridized carbons (Fsp3) is 0.462. The molecule has 0 radical (unpaired) electrons. The molecule has 3 aromatic rings. The Morgan fingerprint density at radius 2 is 1.90 bits per heavy atom. The quantitative estimate of drug-likeness (QED) is 0.239. The van der Waals surface area contributed by atoms with Gasteiger partial charge in [0, 0.05) is 29.0 Å². The van der Waals surface area contributed by atoms with Crippen LogP contribution in [0.15, 0.2) is 33.0 Å². The summed E-state index contributed by atoms with van der Waals surface area (Å²) in [4.78, 5) is 51.2. The summed E-state index contributed by atoms with van der Waals surface area (Å²) >= 11 is 5.08. The predicted octanol–water partition coefficient (Wildman–Crippen LogP) is 2.83. The van der Waals surface area contributed by atoms with Crippen LogP contribution in [0.5, 0.6) is 11.5 Å². The number of carbonyl (C=O) groups is 3. The monoisotopic (exact) mass is 672 g/mol. The van der Waals surface area contributed by atoms with Crippen molar-refractivity contribution < 1.29 is 33.7 Å². The number of carbonyl (C=O) groups excluding carboxylic acids is 2. The number of fused-ring (bicyclic) bond motifs is 2. The van der Waals surface area contributed by atoms with Crippen molar-refractivity contribution in [2.75, 3.05) is 25.6 Å². The van der Waals surface area contributed by atoms with E-state index in [9.17, 15) is 14.4 Å². The first kappa shape index (κ1) is 32.3. The number of piperidine rings is 1. The van der Waals surface area contributed by atoms with Crippen LogP contribution in [0.4, 0.5) is 5.82 Å². The van der Waals surface area contributed by atoms with Crippen molar-refractivity contribution >= 4 is 92.1 Å². The van der Waals surface area contributed by atoms with E-state index in [0.717, 1.165) is 33.8 Å². The molecular weight excluding hydrogens is 643 g/mol. The average Bonchev–Trinajstić information content (AvgIpc) is 3.55. The van der Waals surface area contributed by atoms with E-state index in [1.807, 2.05) is 16.7 Å². The number of nitrogen functional groups attached to an aromatic ring is 1. The zero-order chi connectivity index (χ0) is 29.1. The van der Waals surface area contributed by atoms with Crippen molar-refractivity contribution in [1.82, 2.24) is 24.4 Å². The van der Waals surface area contributed by atoms with Gasteiger partial charge in [-0.3, -0.25) is 14.4 Å². The first-order chi connectivity index (χ1) is 19.7. The van der Waals surface area contributed by atoms with Crippen LogP contribution in [0.2, 0.25) is 0 Å². The number of hydrogen-bond donors (Lipinski definition) is 2. The second-order valence-corrected chi connectivity index (χ2v) is 11.7. The van der Waals surface area contributed by atoms with E-state index < -0.39 is 18.0 Å². The summed E-state index contributed by atoms with van der Waals surface area (Å²) in [6.45, 7) is 3.44. The number of ether oxygens (including phenoxy) is 3. The molecule has 0 unspecified atom stereocenters. The number of amides is 1. The molecule has 1 atom stereocenters. The van der Waals surface area contributed by atoms with Gasteiger partial charge in [0.1, 0.15) is 6.33 Å². The molecule has 1 fully saturated rings. The molecule has 0 spiro atoms. The van der Waals surface area contributed by atoms with Gasteiger partial charge in [-0.05, 0) is 60.2 Å². The van der Waals surface area contributed by atoms with Crippen LogP contribution in [0, 0.1) is 5.92 Å². The van der Waals surface area contributed by atoms with E-state index in [2.05, 4.69) is 25.9 Å². The van der Waals surface area contributed by atoms with Crippen LogP contribution in [-0.2, 0) is 25.7 Å². The third-order valence-corrected chi connectivity index (χ3v) is 9.01. The molecule has 16 heteroatoms. The number of nitrogens with zero attached hydrogens (tertiary/aromatic N) is 5. The number of carboxylic acid groups (broad SMARTS) is 1. The standard InChI is InChI=1S/C26H29BrN6O7S.Na.H/c1-14(40-21(36)3-2-20(34)35)25(37)32-7-4-15(5-8-32)6-9-33-24-22(23(28)29-12-30-24)31-26(33)41-19-11-18-17(10-16(19)27)38-13-39-18;;/h10-12,14-15H,2-9,13H2,1H3,(H,34,35)(H2,28,29,30);;/t14-;;/m0../s1. The van der Waals surface area contributed by atoms with Crippen molar-refractivity contribution in [1.29, 1.82) is 0 Å². The molecule has 220 valence electrons. The zero-order valence-electron chi connectivity index (χ0n) is 22.2. The summed E-state index contributed by atoms with van der Waals surface area (Å²) < 4.78 is 19.0. The fourth-order valence-corrected chi connectivity index (χ4v) is 6.32. The summed E-state index contributed by atoms with van der Waals surface area (Å²) in [5.74, 6) is -0.0310. The number of hydrogen-bond acceptors (Lipinski definition) is 11. The van der Waals surface area contributed by atoms with E-state index in [-0.39, 0.29) is 55.1 Å². The van der Waals surface area contributed by atoms with Gasteiger partial charge in [-0.2, -0.15) is 0 Å². The summed E-state index contributed by atoms with van der Waals surface area (Å²) in [6.07, 6.45) is 2.32. The molecule has 1 aromatic carbocycles. The van der Waals surface area contributed by atoms with E-state index in [4.69, 9.17) is 30.0 Å². The van der Waals surface area contributed by atoms with Crippen LogP contribution in [0.3, 0.4) is 0 Å². The number of halogens is 1. The third-order valence-electron chi connectivity index (χ3n) is 7.04. The number of anilines is 1. The zero-order valence-corrected chi connectivity index (χ0v) is 24.6. The molecular formula is C26H30BrN6NaO7S. The molecule has 13 nitrogen and oxygen atoms in total. The maximum atomic E-state index is 12.8. The summed E-state index contributed by atoms with van der Waals surface area (Å²) in [6, 6.07) is 3.78. The Morgan fingerprint density at radius 3 is 2.62 bits per heavy atom. The van der Waals surface area contributed by atoms with Crippen molar-refractivity contribution in [2.45, 2.75) is 61.7 Å². The maximum absolute atomic E-state index is 12.8. The average molecular weight is 674 g/mol. The molecule has 1 amide bonds. The molecule has 5 rings (SSSR count). The summed E-state index contributed by atoms with van der Waals surface area (Å²) in [7, 11) is 0. The number of aromatic nitrogens is 4. The number of benzene rings is 1. The van der Waals surface area contributed by atoms with Crippen LogP contribution < -0.4 is 15.2 Å². The van der Waals surface area contributed by atoms with Gasteiger partial charge in [-0.1, -0.05) is 11.8 Å². The van der Waals surface area contributed by atoms with Crippen LogP contribution in [0.25, 0.3) is 11.2 Å². The number of nitrogens with two attached hydrogens (primary N) is 1. The number of rotatable bonds is 10. The predicted molar refractivity (Wildman–Crippen MR) is 158 cm³/mol. The van der Waals surface area contributed by atoms with E-state index in [1.165, 1.54) is 25.0 Å². The van der Waals surface area contributed by atoms with E-state index in [1.54, 1.807) is 4.90 Å². The van der Waals surface area contributed by atoms with Crippen LogP contribution >= 0.6 is 27.7 Å². The molecule has 2 aromatic heterocycles. The van der Waals surface area contributed by atoms with Gasteiger partial charge >= 0.3 is 41.5 Å². The van der Waals surface area contributed by atoms with E-state index in [0.29, 0.717) is 54.0 Å². The Morgan fingerprint density at radius 1 is 1.19 bits per heavy atom.